The Morgan fingerprint density at radius 3 is 2.35 bits per heavy atom. The lowest BCUT2D eigenvalue weighted by Gasteiger charge is -2.10. The Kier molecular flexibility index (Phi) is 6.74. The second kappa shape index (κ2) is 7.54. The molecule has 0 aromatic heterocycles. The van der Waals surface area contributed by atoms with Crippen LogP contribution in [0.4, 0.5) is 0 Å². The lowest BCUT2D eigenvalue weighted by molar-refractivity contribution is -0.118. The predicted molar refractivity (Wildman–Crippen MR) is 79.6 cm³/mol. The molecule has 0 fully saturated rings. The third-order valence-corrected chi connectivity index (χ3v) is 3.84. The van der Waals surface area contributed by atoms with Crippen molar-refractivity contribution in [3.8, 4) is 5.75 Å². The van der Waals surface area contributed by atoms with E-state index in [0.29, 0.717) is 19.4 Å². The summed E-state index contributed by atoms with van der Waals surface area (Å²) < 4.78 is 8.41. The summed E-state index contributed by atoms with van der Waals surface area (Å²) in [6.45, 7) is 2.43. The highest BCUT2D eigenvalue weighted by Gasteiger charge is 2.08. The molecule has 17 heavy (non-hydrogen) atoms. The van der Waals surface area contributed by atoms with Gasteiger partial charge >= 0.3 is 0 Å². The standard InChI is InChI=1S/C12H13Br3O2/c1-2-9(16)4-3-5-17-12-10(14)6-8(13)7-11(12)15/h6-7H,2-5H2,1H3. The smallest absolute Gasteiger partial charge is 0.147 e. The van der Waals surface area contributed by atoms with Crippen molar-refractivity contribution < 1.29 is 9.53 Å². The van der Waals surface area contributed by atoms with Crippen molar-refractivity contribution in [2.75, 3.05) is 6.61 Å². The second-order valence-electron chi connectivity index (χ2n) is 3.54. The number of rotatable bonds is 6. The molecule has 0 unspecified atom stereocenters. The normalized spacial score (nSPS) is 10.4. The fourth-order valence-corrected chi connectivity index (χ4v) is 3.77. The molecule has 0 spiro atoms. The zero-order valence-electron chi connectivity index (χ0n) is 9.43. The summed E-state index contributed by atoms with van der Waals surface area (Å²) in [4.78, 5) is 11.1. The summed E-state index contributed by atoms with van der Waals surface area (Å²) in [5, 5.41) is 0. The minimum atomic E-state index is 0.280. The molecule has 0 amide bonds. The van der Waals surface area contributed by atoms with Crippen molar-refractivity contribution in [1.29, 1.82) is 0 Å². The molecule has 1 aromatic rings. The van der Waals surface area contributed by atoms with E-state index in [1.807, 2.05) is 19.1 Å². The van der Waals surface area contributed by atoms with Crippen LogP contribution >= 0.6 is 47.8 Å². The van der Waals surface area contributed by atoms with Gasteiger partial charge in [0, 0.05) is 17.3 Å². The van der Waals surface area contributed by atoms with Gasteiger partial charge in [-0.05, 0) is 50.4 Å². The molecule has 0 saturated carbocycles. The molecule has 0 atom stereocenters. The molecule has 0 radical (unpaired) electrons. The van der Waals surface area contributed by atoms with Gasteiger partial charge in [0.2, 0.25) is 0 Å². The van der Waals surface area contributed by atoms with E-state index in [-0.39, 0.29) is 5.78 Å². The summed E-state index contributed by atoms with van der Waals surface area (Å²) in [6, 6.07) is 3.86. The Balaban J connectivity index is 2.50. The van der Waals surface area contributed by atoms with Gasteiger partial charge in [-0.15, -0.1) is 0 Å². The summed E-state index contributed by atoms with van der Waals surface area (Å²) in [7, 11) is 0. The van der Waals surface area contributed by atoms with Gasteiger partial charge in [-0.2, -0.15) is 0 Å². The fraction of sp³-hybridized carbons (Fsp3) is 0.417. The maximum Gasteiger partial charge on any atom is 0.147 e. The number of hydrogen-bond donors (Lipinski definition) is 0. The van der Waals surface area contributed by atoms with Gasteiger partial charge in [0.25, 0.3) is 0 Å². The van der Waals surface area contributed by atoms with E-state index in [1.54, 1.807) is 0 Å². The van der Waals surface area contributed by atoms with E-state index in [2.05, 4.69) is 47.8 Å². The molecule has 5 heteroatoms. The van der Waals surface area contributed by atoms with E-state index < -0.39 is 0 Å². The second-order valence-corrected chi connectivity index (χ2v) is 6.17. The number of carbonyl (C=O) groups excluding carboxylic acids is 1. The summed E-state index contributed by atoms with van der Waals surface area (Å²) >= 11 is 10.3. The van der Waals surface area contributed by atoms with Crippen molar-refractivity contribution in [2.24, 2.45) is 0 Å². The average molecular weight is 429 g/mol. The Hall–Kier alpha value is 0.130. The molecule has 0 heterocycles. The van der Waals surface area contributed by atoms with Crippen LogP contribution in [0.5, 0.6) is 5.75 Å². The fourth-order valence-electron chi connectivity index (χ4n) is 1.29. The van der Waals surface area contributed by atoms with Crippen molar-refractivity contribution >= 4 is 53.6 Å². The Bertz CT molecular complexity index is 382. The maximum absolute atomic E-state index is 11.1. The van der Waals surface area contributed by atoms with Crippen LogP contribution < -0.4 is 4.74 Å². The third-order valence-electron chi connectivity index (χ3n) is 2.20. The lowest BCUT2D eigenvalue weighted by Crippen LogP contribution is -2.03. The summed E-state index contributed by atoms with van der Waals surface area (Å²) in [6.07, 6.45) is 1.94. The highest BCUT2D eigenvalue weighted by atomic mass is 79.9. The molecule has 0 aliphatic rings. The first-order valence-corrected chi connectivity index (χ1v) is 7.71. The van der Waals surface area contributed by atoms with Gasteiger partial charge in [0.1, 0.15) is 11.5 Å². The monoisotopic (exact) mass is 426 g/mol. The number of Topliss-reactive ketones (excluding diaryl/α,β-unsaturated/α-hetero) is 1. The lowest BCUT2D eigenvalue weighted by atomic mass is 10.2. The highest BCUT2D eigenvalue weighted by molar-refractivity contribution is 9.11. The van der Waals surface area contributed by atoms with Crippen LogP contribution in [-0.4, -0.2) is 12.4 Å². The Morgan fingerprint density at radius 1 is 1.24 bits per heavy atom. The van der Waals surface area contributed by atoms with Crippen LogP contribution in [0.25, 0.3) is 0 Å². The van der Waals surface area contributed by atoms with Gasteiger partial charge in [0.05, 0.1) is 15.6 Å². The molecule has 0 aliphatic heterocycles. The van der Waals surface area contributed by atoms with E-state index in [1.165, 1.54) is 0 Å². The Labute approximate surface area is 126 Å². The van der Waals surface area contributed by atoms with Gasteiger partial charge < -0.3 is 4.74 Å². The molecular formula is C12H13Br3O2. The van der Waals surface area contributed by atoms with Gasteiger partial charge in [0.15, 0.2) is 0 Å². The van der Waals surface area contributed by atoms with Crippen molar-refractivity contribution in [1.82, 2.24) is 0 Å². The van der Waals surface area contributed by atoms with E-state index in [4.69, 9.17) is 4.74 Å². The van der Waals surface area contributed by atoms with E-state index >= 15 is 0 Å². The summed E-state index contributed by atoms with van der Waals surface area (Å²) in [5.41, 5.74) is 0. The topological polar surface area (TPSA) is 26.3 Å². The molecule has 0 bridgehead atoms. The minimum Gasteiger partial charge on any atom is -0.491 e. The quantitative estimate of drug-likeness (QED) is 0.588. The zero-order chi connectivity index (χ0) is 12.8. The molecule has 0 saturated heterocycles. The molecule has 1 rings (SSSR count). The number of ether oxygens (including phenoxy) is 1. The first-order valence-electron chi connectivity index (χ1n) is 5.33. The molecule has 2 nitrogen and oxygen atoms in total. The molecule has 0 N–H and O–H groups in total. The van der Waals surface area contributed by atoms with Crippen LogP contribution in [0.3, 0.4) is 0 Å². The van der Waals surface area contributed by atoms with Crippen molar-refractivity contribution in [3.05, 3.63) is 25.6 Å². The van der Waals surface area contributed by atoms with Crippen molar-refractivity contribution in [2.45, 2.75) is 26.2 Å². The van der Waals surface area contributed by atoms with Crippen LogP contribution in [0.15, 0.2) is 25.6 Å². The number of hydrogen-bond acceptors (Lipinski definition) is 2. The molecule has 94 valence electrons. The number of carbonyl (C=O) groups is 1. The molecular weight excluding hydrogens is 416 g/mol. The van der Waals surface area contributed by atoms with E-state index in [0.717, 1.165) is 25.6 Å². The summed E-state index contributed by atoms with van der Waals surface area (Å²) in [5.74, 6) is 1.06. The highest BCUT2D eigenvalue weighted by Crippen LogP contribution is 2.36. The first-order chi connectivity index (χ1) is 8.04. The van der Waals surface area contributed by atoms with Crippen molar-refractivity contribution in [3.63, 3.8) is 0 Å². The SMILES string of the molecule is CCC(=O)CCCOc1c(Br)cc(Br)cc1Br. The number of halogens is 3. The van der Waals surface area contributed by atoms with Gasteiger partial charge in [-0.1, -0.05) is 22.9 Å². The Morgan fingerprint density at radius 2 is 1.82 bits per heavy atom. The third kappa shape index (κ3) is 5.10. The van der Waals surface area contributed by atoms with Gasteiger partial charge in [-0.3, -0.25) is 4.79 Å². The largest absolute Gasteiger partial charge is 0.491 e. The van der Waals surface area contributed by atoms with Crippen LogP contribution in [0.2, 0.25) is 0 Å². The van der Waals surface area contributed by atoms with Crippen LogP contribution in [0, 0.1) is 0 Å². The van der Waals surface area contributed by atoms with E-state index in [9.17, 15) is 4.79 Å². The van der Waals surface area contributed by atoms with Crippen LogP contribution in [0.1, 0.15) is 26.2 Å². The maximum atomic E-state index is 11.1. The predicted octanol–water partition coefficient (Wildman–Crippen LogP) is 5.11. The number of ketones is 1. The molecule has 0 aliphatic carbocycles. The van der Waals surface area contributed by atoms with Gasteiger partial charge in [-0.25, -0.2) is 0 Å². The minimum absolute atomic E-state index is 0.280. The average Bonchev–Trinajstić information content (AvgIpc) is 2.26. The first kappa shape index (κ1) is 15.2. The molecule has 1 aromatic carbocycles. The number of benzene rings is 1. The van der Waals surface area contributed by atoms with Crippen LogP contribution in [-0.2, 0) is 4.79 Å². The zero-order valence-corrected chi connectivity index (χ0v) is 14.2.